The fourth-order valence-electron chi connectivity index (χ4n) is 2.65. The van der Waals surface area contributed by atoms with Gasteiger partial charge in [0.2, 0.25) is 11.8 Å². The van der Waals surface area contributed by atoms with Crippen LogP contribution in [0.4, 0.5) is 0 Å². The van der Waals surface area contributed by atoms with E-state index in [0.29, 0.717) is 23.9 Å². The van der Waals surface area contributed by atoms with Gasteiger partial charge in [0.15, 0.2) is 0 Å². The zero-order valence-corrected chi connectivity index (χ0v) is 16.1. The van der Waals surface area contributed by atoms with Crippen LogP contribution in [0.5, 0.6) is 0 Å². The van der Waals surface area contributed by atoms with Gasteiger partial charge in [-0.1, -0.05) is 18.2 Å². The Balaban J connectivity index is 1.45. The predicted molar refractivity (Wildman–Crippen MR) is 104 cm³/mol. The maximum absolute atomic E-state index is 12.6. The Morgan fingerprint density at radius 2 is 2.04 bits per heavy atom. The lowest BCUT2D eigenvalue weighted by atomic mass is 10.2. The molecule has 0 aliphatic heterocycles. The Labute approximate surface area is 158 Å². The summed E-state index contributed by atoms with van der Waals surface area (Å²) in [6.45, 7) is 2.34. The summed E-state index contributed by atoms with van der Waals surface area (Å²) in [5.74, 6) is 1.27. The molecule has 0 N–H and O–H groups in total. The van der Waals surface area contributed by atoms with E-state index in [1.807, 2.05) is 48.7 Å². The van der Waals surface area contributed by atoms with Crippen molar-refractivity contribution in [1.29, 1.82) is 0 Å². The number of nitrogens with zero attached hydrogens (tertiary/aromatic N) is 3. The Kier molecular flexibility index (Phi) is 4.57. The number of thiophene rings is 1. The van der Waals surface area contributed by atoms with Gasteiger partial charge in [-0.2, -0.15) is 0 Å². The first-order valence-electron chi connectivity index (χ1n) is 8.19. The van der Waals surface area contributed by atoms with Crippen LogP contribution in [0.1, 0.15) is 16.5 Å². The molecule has 0 saturated heterocycles. The zero-order chi connectivity index (χ0) is 18.1. The van der Waals surface area contributed by atoms with Crippen molar-refractivity contribution in [1.82, 2.24) is 14.9 Å². The van der Waals surface area contributed by atoms with Gasteiger partial charge in [0.25, 0.3) is 0 Å². The van der Waals surface area contributed by atoms with Crippen molar-refractivity contribution in [2.75, 3.05) is 7.05 Å². The summed E-state index contributed by atoms with van der Waals surface area (Å²) in [5, 5.41) is 2.91. The molecule has 0 atom stereocenters. The molecule has 7 heteroatoms. The summed E-state index contributed by atoms with van der Waals surface area (Å²) in [6, 6.07) is 11.9. The second-order valence-corrected chi connectivity index (χ2v) is 8.06. The highest BCUT2D eigenvalue weighted by Gasteiger charge is 2.18. The molecule has 0 aliphatic rings. The van der Waals surface area contributed by atoms with Crippen LogP contribution in [0.25, 0.3) is 21.0 Å². The van der Waals surface area contributed by atoms with Crippen molar-refractivity contribution in [3.8, 4) is 10.8 Å². The van der Waals surface area contributed by atoms with E-state index in [1.165, 1.54) is 0 Å². The van der Waals surface area contributed by atoms with Gasteiger partial charge in [-0.3, -0.25) is 4.79 Å². The number of thiazole rings is 1. The summed E-state index contributed by atoms with van der Waals surface area (Å²) >= 11 is 3.19. The van der Waals surface area contributed by atoms with Gasteiger partial charge in [-0.25, -0.2) is 9.97 Å². The summed E-state index contributed by atoms with van der Waals surface area (Å²) in [6.07, 6.45) is 0.224. The molecule has 3 aromatic heterocycles. The number of hydrogen-bond acceptors (Lipinski definition) is 6. The van der Waals surface area contributed by atoms with Crippen molar-refractivity contribution >= 4 is 38.8 Å². The van der Waals surface area contributed by atoms with E-state index in [1.54, 1.807) is 34.6 Å². The maximum atomic E-state index is 12.6. The highest BCUT2D eigenvalue weighted by atomic mass is 32.1. The molecule has 1 amide bonds. The lowest BCUT2D eigenvalue weighted by Crippen LogP contribution is -2.28. The molecule has 0 fully saturated rings. The van der Waals surface area contributed by atoms with Crippen LogP contribution >= 0.6 is 22.7 Å². The number of para-hydroxylation sites is 1. The van der Waals surface area contributed by atoms with Crippen LogP contribution in [-0.2, 0) is 17.8 Å². The molecule has 0 saturated carbocycles. The minimum absolute atomic E-state index is 0.00149. The minimum Gasteiger partial charge on any atom is -0.440 e. The summed E-state index contributed by atoms with van der Waals surface area (Å²) in [7, 11) is 1.80. The average Bonchev–Trinajstić information content (AvgIpc) is 3.34. The molecule has 0 radical (unpaired) electrons. The summed E-state index contributed by atoms with van der Waals surface area (Å²) < 4.78 is 6.85. The Bertz CT molecular complexity index is 1020. The molecule has 1 aromatic carbocycles. The number of oxazole rings is 1. The van der Waals surface area contributed by atoms with Crippen LogP contribution in [0, 0.1) is 6.92 Å². The molecular weight excluding hydrogens is 366 g/mol. The second-order valence-electron chi connectivity index (χ2n) is 6.00. The van der Waals surface area contributed by atoms with Crippen molar-refractivity contribution < 1.29 is 9.21 Å². The molecule has 4 aromatic rings. The molecule has 132 valence electrons. The van der Waals surface area contributed by atoms with E-state index in [-0.39, 0.29) is 12.3 Å². The Morgan fingerprint density at radius 3 is 2.81 bits per heavy atom. The topological polar surface area (TPSA) is 59.2 Å². The van der Waals surface area contributed by atoms with Gasteiger partial charge in [0, 0.05) is 7.05 Å². The van der Waals surface area contributed by atoms with Crippen LogP contribution < -0.4 is 0 Å². The number of carbonyl (C=O) groups is 1. The van der Waals surface area contributed by atoms with Crippen molar-refractivity contribution in [3.05, 3.63) is 58.2 Å². The number of benzene rings is 1. The number of amides is 1. The van der Waals surface area contributed by atoms with Gasteiger partial charge < -0.3 is 9.32 Å². The Morgan fingerprint density at radius 1 is 1.19 bits per heavy atom. The van der Waals surface area contributed by atoms with Crippen LogP contribution in [0.2, 0.25) is 0 Å². The monoisotopic (exact) mass is 383 g/mol. The highest BCUT2D eigenvalue weighted by molar-refractivity contribution is 7.18. The lowest BCUT2D eigenvalue weighted by molar-refractivity contribution is -0.129. The molecule has 4 rings (SSSR count). The first kappa shape index (κ1) is 16.9. The minimum atomic E-state index is -0.00149. The number of rotatable bonds is 5. The van der Waals surface area contributed by atoms with Crippen molar-refractivity contribution in [2.24, 2.45) is 0 Å². The quantitative estimate of drug-likeness (QED) is 0.508. The van der Waals surface area contributed by atoms with Gasteiger partial charge in [-0.05, 0) is 30.5 Å². The second kappa shape index (κ2) is 7.01. The van der Waals surface area contributed by atoms with Gasteiger partial charge in [-0.15, -0.1) is 22.7 Å². The largest absolute Gasteiger partial charge is 0.440 e. The first-order valence-corrected chi connectivity index (χ1v) is 9.88. The number of aromatic nitrogens is 2. The molecule has 5 nitrogen and oxygen atoms in total. The van der Waals surface area contributed by atoms with Crippen molar-refractivity contribution in [3.63, 3.8) is 0 Å². The van der Waals surface area contributed by atoms with Gasteiger partial charge in [0.05, 0.1) is 33.8 Å². The zero-order valence-electron chi connectivity index (χ0n) is 14.4. The van der Waals surface area contributed by atoms with E-state index >= 15 is 0 Å². The molecule has 0 spiro atoms. The maximum Gasteiger partial charge on any atom is 0.236 e. The molecule has 0 aliphatic carbocycles. The van der Waals surface area contributed by atoms with E-state index in [0.717, 1.165) is 20.1 Å². The fraction of sp³-hybridized carbons (Fsp3) is 0.211. The average molecular weight is 383 g/mol. The molecule has 3 heterocycles. The third kappa shape index (κ3) is 3.40. The van der Waals surface area contributed by atoms with E-state index < -0.39 is 0 Å². The Hall–Kier alpha value is -2.51. The normalized spacial score (nSPS) is 11.2. The molecule has 0 bridgehead atoms. The number of carbonyl (C=O) groups excluding carboxylic acids is 1. The molecular formula is C19H17N3O2S2. The SMILES string of the molecule is Cc1oc(-c2cccs2)nc1CC(=O)N(C)Cc1nc2ccccc2s1. The smallest absolute Gasteiger partial charge is 0.236 e. The fourth-order valence-corrected chi connectivity index (χ4v) is 4.32. The summed E-state index contributed by atoms with van der Waals surface area (Å²) in [4.78, 5) is 24.4. The molecule has 0 unspecified atom stereocenters. The van der Waals surface area contributed by atoms with Gasteiger partial charge in [0.1, 0.15) is 10.8 Å². The van der Waals surface area contributed by atoms with Gasteiger partial charge >= 0.3 is 0 Å². The third-order valence-electron chi connectivity index (χ3n) is 4.08. The number of likely N-dealkylation sites (N-methyl/N-ethyl adjacent to an activating group) is 1. The number of aryl methyl sites for hydroxylation is 1. The number of fused-ring (bicyclic) bond motifs is 1. The van der Waals surface area contributed by atoms with E-state index in [9.17, 15) is 4.79 Å². The first-order chi connectivity index (χ1) is 12.6. The van der Waals surface area contributed by atoms with Crippen LogP contribution in [-0.4, -0.2) is 27.8 Å². The third-order valence-corrected chi connectivity index (χ3v) is 5.96. The van der Waals surface area contributed by atoms with E-state index in [2.05, 4.69) is 9.97 Å². The van der Waals surface area contributed by atoms with E-state index in [4.69, 9.17) is 4.42 Å². The standard InChI is InChI=1S/C19H17N3O2S2/c1-12-14(21-19(24-12)16-8-5-9-25-16)10-18(23)22(2)11-17-20-13-6-3-4-7-15(13)26-17/h3-9H,10-11H2,1-2H3. The lowest BCUT2D eigenvalue weighted by Gasteiger charge is -2.14. The van der Waals surface area contributed by atoms with Crippen LogP contribution in [0.3, 0.4) is 0 Å². The predicted octanol–water partition coefficient (Wildman–Crippen LogP) is 4.52. The van der Waals surface area contributed by atoms with Crippen LogP contribution in [0.15, 0.2) is 46.2 Å². The highest BCUT2D eigenvalue weighted by Crippen LogP contribution is 2.26. The summed E-state index contributed by atoms with van der Waals surface area (Å²) in [5.41, 5.74) is 1.66. The number of hydrogen-bond donors (Lipinski definition) is 0. The molecule has 26 heavy (non-hydrogen) atoms. The van der Waals surface area contributed by atoms with Crippen molar-refractivity contribution in [2.45, 2.75) is 19.9 Å².